The predicted octanol–water partition coefficient (Wildman–Crippen LogP) is -0.490. The van der Waals surface area contributed by atoms with Gasteiger partial charge in [-0.2, -0.15) is 0 Å². The topological polar surface area (TPSA) is 77.5 Å². The minimum absolute atomic E-state index is 0.124. The first-order chi connectivity index (χ1) is 10.8. The smallest absolute Gasteiger partial charge is 0.215 e. The normalized spacial score (nSPS) is 23.5. The summed E-state index contributed by atoms with van der Waals surface area (Å²) in [4.78, 5) is 2.68. The molecule has 0 unspecified atom stereocenters. The Morgan fingerprint density at radius 3 is 3.00 bits per heavy atom. The molecule has 120 valence electrons. The van der Waals surface area contributed by atoms with Gasteiger partial charge in [0.05, 0.1) is 37.2 Å². The number of tetrazole rings is 1. The highest BCUT2D eigenvalue weighted by Crippen LogP contribution is 2.22. The number of hydrogen-bond acceptors (Lipinski definition) is 6. The van der Waals surface area contributed by atoms with Gasteiger partial charge in [-0.3, -0.25) is 0 Å². The second-order valence-electron chi connectivity index (χ2n) is 5.59. The van der Waals surface area contributed by atoms with Gasteiger partial charge in [0.15, 0.2) is 6.04 Å². The number of piperidine rings is 1. The van der Waals surface area contributed by atoms with Crippen molar-refractivity contribution < 1.29 is 14.7 Å². The fraction of sp³-hybridized carbons (Fsp3) is 0.643. The van der Waals surface area contributed by atoms with Crippen LogP contribution >= 0.6 is 11.3 Å². The molecule has 3 rings (SSSR count). The van der Waals surface area contributed by atoms with Gasteiger partial charge in [-0.1, -0.05) is 6.07 Å². The summed E-state index contributed by atoms with van der Waals surface area (Å²) in [7, 11) is 1.68. The minimum Gasteiger partial charge on any atom is -0.393 e. The molecule has 0 radical (unpaired) electrons. The number of nitrogens with one attached hydrogen (secondary N) is 1. The Kier molecular flexibility index (Phi) is 5.14. The second kappa shape index (κ2) is 7.28. The van der Waals surface area contributed by atoms with Gasteiger partial charge < -0.3 is 14.7 Å². The molecule has 2 aromatic heterocycles. The quantitative estimate of drug-likeness (QED) is 0.750. The summed E-state index contributed by atoms with van der Waals surface area (Å²) in [6, 6.07) is 4.33. The Hall–Kier alpha value is -1.35. The van der Waals surface area contributed by atoms with Gasteiger partial charge in [-0.25, -0.2) is 4.68 Å². The predicted molar refractivity (Wildman–Crippen MR) is 81.8 cm³/mol. The van der Waals surface area contributed by atoms with E-state index in [-0.39, 0.29) is 12.1 Å². The third-order valence-corrected chi connectivity index (χ3v) is 5.10. The second-order valence-corrected chi connectivity index (χ2v) is 6.57. The minimum atomic E-state index is -0.169. The van der Waals surface area contributed by atoms with Crippen molar-refractivity contribution >= 4 is 11.3 Å². The van der Waals surface area contributed by atoms with E-state index in [1.807, 2.05) is 4.68 Å². The lowest BCUT2D eigenvalue weighted by atomic mass is 10.0. The maximum absolute atomic E-state index is 9.77. The molecular formula is C14H22N5O2S+. The van der Waals surface area contributed by atoms with Gasteiger partial charge in [0, 0.05) is 20.0 Å². The van der Waals surface area contributed by atoms with Crippen molar-refractivity contribution in [3.8, 4) is 0 Å². The van der Waals surface area contributed by atoms with Crippen molar-refractivity contribution in [2.24, 2.45) is 0 Å². The average Bonchev–Trinajstić information content (AvgIpc) is 3.20. The summed E-state index contributed by atoms with van der Waals surface area (Å²) >= 11 is 1.73. The number of thiophene rings is 1. The summed E-state index contributed by atoms with van der Waals surface area (Å²) < 4.78 is 6.99. The zero-order valence-electron chi connectivity index (χ0n) is 12.7. The summed E-state index contributed by atoms with van der Waals surface area (Å²) in [6.45, 7) is 3.10. The number of likely N-dealkylation sites (tertiary alicyclic amines) is 1. The van der Waals surface area contributed by atoms with Crippen molar-refractivity contribution in [3.05, 3.63) is 28.2 Å². The molecule has 0 spiro atoms. The SMILES string of the molecule is COCCn1nnnc1[C@H](c1cccs1)[NH+]1CCC(O)CC1. The molecule has 1 aliphatic rings. The number of nitrogens with zero attached hydrogens (tertiary/aromatic N) is 4. The largest absolute Gasteiger partial charge is 0.393 e. The molecule has 22 heavy (non-hydrogen) atoms. The van der Waals surface area contributed by atoms with E-state index in [2.05, 4.69) is 33.0 Å². The molecule has 3 heterocycles. The molecule has 0 aromatic carbocycles. The van der Waals surface area contributed by atoms with Crippen LogP contribution in [0.5, 0.6) is 0 Å². The lowest BCUT2D eigenvalue weighted by Crippen LogP contribution is -3.13. The van der Waals surface area contributed by atoms with E-state index in [1.165, 1.54) is 9.78 Å². The Bertz CT molecular complexity index is 566. The summed E-state index contributed by atoms with van der Waals surface area (Å²) in [5, 5.41) is 24.1. The molecule has 0 bridgehead atoms. The summed E-state index contributed by atoms with van der Waals surface area (Å²) in [6.07, 6.45) is 1.49. The van der Waals surface area contributed by atoms with Gasteiger partial charge in [0.1, 0.15) is 0 Å². The summed E-state index contributed by atoms with van der Waals surface area (Å²) in [5.74, 6) is 0.880. The van der Waals surface area contributed by atoms with E-state index >= 15 is 0 Å². The average molecular weight is 324 g/mol. The molecule has 8 heteroatoms. The lowest BCUT2D eigenvalue weighted by molar-refractivity contribution is -0.931. The van der Waals surface area contributed by atoms with E-state index in [1.54, 1.807) is 18.4 Å². The maximum Gasteiger partial charge on any atom is 0.215 e. The van der Waals surface area contributed by atoms with Crippen LogP contribution in [0.25, 0.3) is 0 Å². The van der Waals surface area contributed by atoms with Crippen LogP contribution in [0.15, 0.2) is 17.5 Å². The Balaban J connectivity index is 1.87. The van der Waals surface area contributed by atoms with Gasteiger partial charge in [0.2, 0.25) is 5.82 Å². The zero-order chi connectivity index (χ0) is 15.4. The fourth-order valence-corrected chi connectivity index (χ4v) is 3.86. The van der Waals surface area contributed by atoms with Gasteiger partial charge in [0.25, 0.3) is 0 Å². The Morgan fingerprint density at radius 1 is 1.50 bits per heavy atom. The number of aliphatic hydroxyl groups excluding tert-OH is 1. The van der Waals surface area contributed by atoms with Crippen LogP contribution in [0.4, 0.5) is 0 Å². The number of rotatable bonds is 6. The number of aromatic nitrogens is 4. The maximum atomic E-state index is 9.77. The monoisotopic (exact) mass is 324 g/mol. The van der Waals surface area contributed by atoms with Crippen molar-refractivity contribution in [2.45, 2.75) is 31.5 Å². The van der Waals surface area contributed by atoms with Crippen molar-refractivity contribution in [2.75, 3.05) is 26.8 Å². The molecular weight excluding hydrogens is 302 g/mol. The van der Waals surface area contributed by atoms with Gasteiger partial charge in [-0.05, 0) is 21.9 Å². The molecule has 1 fully saturated rings. The van der Waals surface area contributed by atoms with Crippen molar-refractivity contribution in [1.29, 1.82) is 0 Å². The Labute approximate surface area is 133 Å². The molecule has 0 aliphatic carbocycles. The van der Waals surface area contributed by atoms with Crippen LogP contribution in [0.2, 0.25) is 0 Å². The number of hydrogen-bond donors (Lipinski definition) is 2. The first-order valence-corrected chi connectivity index (χ1v) is 8.48. The third kappa shape index (κ3) is 3.35. The molecule has 0 amide bonds. The summed E-state index contributed by atoms with van der Waals surface area (Å²) in [5.41, 5.74) is 0. The van der Waals surface area contributed by atoms with Crippen LogP contribution in [0, 0.1) is 0 Å². The molecule has 1 aliphatic heterocycles. The molecule has 1 saturated heterocycles. The fourth-order valence-electron chi connectivity index (χ4n) is 2.98. The van der Waals surface area contributed by atoms with E-state index < -0.39 is 0 Å². The highest BCUT2D eigenvalue weighted by Gasteiger charge is 2.34. The first kappa shape index (κ1) is 15.5. The number of ether oxygens (including phenoxy) is 1. The van der Waals surface area contributed by atoms with Crippen LogP contribution in [-0.4, -0.2) is 58.2 Å². The van der Waals surface area contributed by atoms with Gasteiger partial charge >= 0.3 is 0 Å². The molecule has 0 saturated carbocycles. The van der Waals surface area contributed by atoms with E-state index in [9.17, 15) is 5.11 Å². The van der Waals surface area contributed by atoms with E-state index in [4.69, 9.17) is 4.74 Å². The highest BCUT2D eigenvalue weighted by atomic mass is 32.1. The van der Waals surface area contributed by atoms with Crippen LogP contribution in [-0.2, 0) is 11.3 Å². The standard InChI is InChI=1S/C14H21N5O2S/c1-21-9-8-19-14(15-16-17-19)13(12-3-2-10-22-12)18-6-4-11(20)5-7-18/h2-3,10-11,13,20H,4-9H2,1H3/p+1/t13-/m0/s1. The van der Waals surface area contributed by atoms with Crippen LogP contribution < -0.4 is 4.90 Å². The highest BCUT2D eigenvalue weighted by molar-refractivity contribution is 7.10. The molecule has 1 atom stereocenters. The Morgan fingerprint density at radius 2 is 2.32 bits per heavy atom. The number of quaternary nitrogens is 1. The lowest BCUT2D eigenvalue weighted by Gasteiger charge is -2.32. The molecule has 7 nitrogen and oxygen atoms in total. The van der Waals surface area contributed by atoms with E-state index in [0.717, 1.165) is 31.8 Å². The van der Waals surface area contributed by atoms with Crippen molar-refractivity contribution in [1.82, 2.24) is 20.2 Å². The van der Waals surface area contributed by atoms with Crippen molar-refractivity contribution in [3.63, 3.8) is 0 Å². The number of aliphatic hydroxyl groups is 1. The van der Waals surface area contributed by atoms with Crippen LogP contribution in [0.1, 0.15) is 29.6 Å². The van der Waals surface area contributed by atoms with Gasteiger partial charge in [-0.15, -0.1) is 16.4 Å². The molecule has 2 aromatic rings. The number of methoxy groups -OCH3 is 1. The molecule has 2 N–H and O–H groups in total. The zero-order valence-corrected chi connectivity index (χ0v) is 13.5. The van der Waals surface area contributed by atoms with E-state index in [0.29, 0.717) is 13.2 Å². The first-order valence-electron chi connectivity index (χ1n) is 7.60. The van der Waals surface area contributed by atoms with Crippen LogP contribution in [0.3, 0.4) is 0 Å². The third-order valence-electron chi connectivity index (χ3n) is 4.16.